The average molecular weight is 279 g/mol. The van der Waals surface area contributed by atoms with E-state index in [4.69, 9.17) is 10.5 Å². The van der Waals surface area contributed by atoms with Crippen molar-refractivity contribution in [1.82, 2.24) is 15.0 Å². The van der Waals surface area contributed by atoms with Gasteiger partial charge in [0.1, 0.15) is 0 Å². The third-order valence-electron chi connectivity index (χ3n) is 3.70. The van der Waals surface area contributed by atoms with Gasteiger partial charge in [0, 0.05) is 6.04 Å². The van der Waals surface area contributed by atoms with Crippen molar-refractivity contribution >= 4 is 11.9 Å². The topological polar surface area (TPSA) is 86.0 Å². The van der Waals surface area contributed by atoms with Crippen molar-refractivity contribution in [3.8, 4) is 6.01 Å². The summed E-state index contributed by atoms with van der Waals surface area (Å²) in [7, 11) is 1.52. The molecule has 0 aliphatic heterocycles. The van der Waals surface area contributed by atoms with Crippen LogP contribution < -0.4 is 15.8 Å². The molecule has 3 N–H and O–H groups in total. The Hall–Kier alpha value is -1.59. The lowest BCUT2D eigenvalue weighted by molar-refractivity contribution is 0.105. The van der Waals surface area contributed by atoms with E-state index in [1.807, 2.05) is 0 Å². The zero-order valence-corrected chi connectivity index (χ0v) is 13.0. The summed E-state index contributed by atoms with van der Waals surface area (Å²) in [5.41, 5.74) is 6.28. The monoisotopic (exact) mass is 279 g/mol. The van der Waals surface area contributed by atoms with Gasteiger partial charge in [-0.25, -0.2) is 0 Å². The Bertz CT molecular complexity index is 470. The molecule has 0 aromatic carbocycles. The minimum Gasteiger partial charge on any atom is -0.467 e. The molecule has 1 aromatic heterocycles. The molecule has 1 saturated carbocycles. The molecule has 1 heterocycles. The fraction of sp³-hybridized carbons (Fsp3) is 0.786. The van der Waals surface area contributed by atoms with Crippen molar-refractivity contribution < 1.29 is 4.74 Å². The van der Waals surface area contributed by atoms with Crippen molar-refractivity contribution in [2.75, 3.05) is 18.2 Å². The third kappa shape index (κ3) is 3.71. The third-order valence-corrected chi connectivity index (χ3v) is 3.70. The van der Waals surface area contributed by atoms with E-state index in [0.717, 1.165) is 12.8 Å². The van der Waals surface area contributed by atoms with Crippen LogP contribution in [0.3, 0.4) is 0 Å². The number of rotatable bonds is 3. The van der Waals surface area contributed by atoms with Crippen molar-refractivity contribution in [2.45, 2.75) is 53.0 Å². The Morgan fingerprint density at radius 1 is 1.10 bits per heavy atom. The number of nitrogens with zero attached hydrogens (tertiary/aromatic N) is 3. The predicted molar refractivity (Wildman–Crippen MR) is 79.6 cm³/mol. The zero-order chi connectivity index (χ0) is 15.0. The van der Waals surface area contributed by atoms with Crippen LogP contribution in [0.1, 0.15) is 47.0 Å². The van der Waals surface area contributed by atoms with Crippen molar-refractivity contribution in [3.05, 3.63) is 0 Å². The maximum atomic E-state index is 5.66. The summed E-state index contributed by atoms with van der Waals surface area (Å²) in [5.74, 6) is 0.668. The Balaban J connectivity index is 2.15. The summed E-state index contributed by atoms with van der Waals surface area (Å²) in [4.78, 5) is 12.2. The minimum atomic E-state index is 0.175. The first kappa shape index (κ1) is 14.8. The highest BCUT2D eigenvalue weighted by Gasteiger charge is 2.38. The van der Waals surface area contributed by atoms with Gasteiger partial charge in [0.05, 0.1) is 7.11 Å². The van der Waals surface area contributed by atoms with E-state index >= 15 is 0 Å². The number of aromatic nitrogens is 3. The van der Waals surface area contributed by atoms with Crippen molar-refractivity contribution in [2.24, 2.45) is 10.8 Å². The van der Waals surface area contributed by atoms with Crippen LogP contribution in [0.2, 0.25) is 0 Å². The number of nitrogens with one attached hydrogen (secondary N) is 1. The second kappa shape index (κ2) is 5.07. The minimum absolute atomic E-state index is 0.175. The van der Waals surface area contributed by atoms with Gasteiger partial charge in [-0.3, -0.25) is 0 Å². The zero-order valence-electron chi connectivity index (χ0n) is 13.0. The molecule has 0 amide bonds. The predicted octanol–water partition coefficient (Wildman–Crippen LogP) is 2.48. The standard InChI is InChI=1S/C14H25N5O/c1-13(2)6-9(7-14(3,4)8-13)16-11-17-10(15)18-12(19-11)20-5/h9H,6-8H2,1-5H3,(H3,15,16,17,18,19). The van der Waals surface area contributed by atoms with Crippen molar-refractivity contribution in [3.63, 3.8) is 0 Å². The number of nitrogen functional groups attached to an aromatic ring is 1. The van der Waals surface area contributed by atoms with Crippen LogP contribution in [-0.4, -0.2) is 28.1 Å². The summed E-state index contributed by atoms with van der Waals surface area (Å²) in [6, 6.07) is 0.578. The molecule has 6 nitrogen and oxygen atoms in total. The highest BCUT2D eigenvalue weighted by atomic mass is 16.5. The van der Waals surface area contributed by atoms with Gasteiger partial charge < -0.3 is 15.8 Å². The molecule has 1 aliphatic rings. The van der Waals surface area contributed by atoms with Crippen LogP contribution in [0.25, 0.3) is 0 Å². The number of ether oxygens (including phenoxy) is 1. The molecule has 0 radical (unpaired) electrons. The molecular formula is C14H25N5O. The smallest absolute Gasteiger partial charge is 0.322 e. The summed E-state index contributed by atoms with van der Waals surface area (Å²) in [5, 5.41) is 3.39. The molecule has 6 heteroatoms. The Kier molecular flexibility index (Phi) is 3.75. The molecule has 0 saturated heterocycles. The van der Waals surface area contributed by atoms with Crippen LogP contribution in [0.4, 0.5) is 11.9 Å². The SMILES string of the molecule is COc1nc(N)nc(NC2CC(C)(C)CC(C)(C)C2)n1. The van der Waals surface area contributed by atoms with Gasteiger partial charge >= 0.3 is 6.01 Å². The van der Waals surface area contributed by atoms with E-state index < -0.39 is 0 Å². The average Bonchev–Trinajstić information content (AvgIpc) is 2.23. The molecule has 0 spiro atoms. The van der Waals surface area contributed by atoms with E-state index in [0.29, 0.717) is 22.8 Å². The second-order valence-corrected chi connectivity index (χ2v) is 7.26. The normalized spacial score (nSPS) is 21.4. The fourth-order valence-corrected chi connectivity index (χ4v) is 3.66. The number of nitrogens with two attached hydrogens (primary N) is 1. The summed E-state index contributed by atoms with van der Waals surface area (Å²) in [6.07, 6.45) is 3.40. The maximum Gasteiger partial charge on any atom is 0.322 e. The molecule has 112 valence electrons. The van der Waals surface area contributed by atoms with E-state index in [1.54, 1.807) is 0 Å². The van der Waals surface area contributed by atoms with Crippen LogP contribution >= 0.6 is 0 Å². The van der Waals surface area contributed by atoms with Crippen LogP contribution in [0.15, 0.2) is 0 Å². The summed E-state index contributed by atoms with van der Waals surface area (Å²) >= 11 is 0. The Morgan fingerprint density at radius 3 is 2.25 bits per heavy atom. The van der Waals surface area contributed by atoms with Crippen LogP contribution in [0.5, 0.6) is 6.01 Å². The van der Waals surface area contributed by atoms with E-state index in [2.05, 4.69) is 48.0 Å². The largest absolute Gasteiger partial charge is 0.467 e. The fourth-order valence-electron chi connectivity index (χ4n) is 3.66. The number of hydrogen-bond donors (Lipinski definition) is 2. The van der Waals surface area contributed by atoms with E-state index in [1.165, 1.54) is 13.5 Å². The van der Waals surface area contributed by atoms with Gasteiger partial charge in [0.15, 0.2) is 0 Å². The number of anilines is 2. The molecule has 20 heavy (non-hydrogen) atoms. The molecular weight excluding hydrogens is 254 g/mol. The lowest BCUT2D eigenvalue weighted by atomic mass is 9.63. The Labute approximate surface area is 120 Å². The van der Waals surface area contributed by atoms with Gasteiger partial charge in [-0.15, -0.1) is 0 Å². The van der Waals surface area contributed by atoms with E-state index in [9.17, 15) is 0 Å². The molecule has 1 aliphatic carbocycles. The molecule has 2 rings (SSSR count). The Morgan fingerprint density at radius 2 is 1.70 bits per heavy atom. The summed E-state index contributed by atoms with van der Waals surface area (Å²) < 4.78 is 5.02. The lowest BCUT2D eigenvalue weighted by Gasteiger charge is -2.45. The van der Waals surface area contributed by atoms with Crippen molar-refractivity contribution in [1.29, 1.82) is 0 Å². The molecule has 0 atom stereocenters. The maximum absolute atomic E-state index is 5.66. The second-order valence-electron chi connectivity index (χ2n) is 7.26. The number of hydrogen-bond acceptors (Lipinski definition) is 6. The highest BCUT2D eigenvalue weighted by molar-refractivity contribution is 5.34. The highest BCUT2D eigenvalue weighted by Crippen LogP contribution is 2.46. The van der Waals surface area contributed by atoms with Crippen LogP contribution in [0, 0.1) is 10.8 Å². The quantitative estimate of drug-likeness (QED) is 0.884. The van der Waals surface area contributed by atoms with E-state index in [-0.39, 0.29) is 12.0 Å². The van der Waals surface area contributed by atoms with Gasteiger partial charge in [-0.05, 0) is 30.1 Å². The number of methoxy groups -OCH3 is 1. The van der Waals surface area contributed by atoms with Gasteiger partial charge in [0.25, 0.3) is 0 Å². The first-order valence-electron chi connectivity index (χ1n) is 7.01. The molecule has 1 fully saturated rings. The summed E-state index contributed by atoms with van der Waals surface area (Å²) in [6.45, 7) is 9.24. The molecule has 0 bridgehead atoms. The van der Waals surface area contributed by atoms with Gasteiger partial charge in [0.2, 0.25) is 11.9 Å². The van der Waals surface area contributed by atoms with Gasteiger partial charge in [-0.2, -0.15) is 15.0 Å². The first-order chi connectivity index (χ1) is 9.19. The molecule has 0 unspecified atom stereocenters. The van der Waals surface area contributed by atoms with Crippen LogP contribution in [-0.2, 0) is 0 Å². The molecule has 1 aromatic rings. The first-order valence-corrected chi connectivity index (χ1v) is 7.01. The van der Waals surface area contributed by atoms with Gasteiger partial charge in [-0.1, -0.05) is 27.7 Å². The lowest BCUT2D eigenvalue weighted by Crippen LogP contribution is -2.40.